The van der Waals surface area contributed by atoms with Crippen LogP contribution >= 0.6 is 0 Å². The third-order valence-corrected chi connectivity index (χ3v) is 9.21. The second kappa shape index (κ2) is 5.18. The first kappa shape index (κ1) is 17.2. The molecule has 0 saturated heterocycles. The van der Waals surface area contributed by atoms with Crippen molar-refractivity contribution >= 4 is 11.6 Å². The molecular formula is C23H32O2. The summed E-state index contributed by atoms with van der Waals surface area (Å²) in [7, 11) is 0. The maximum atomic E-state index is 12.5. The molecule has 4 rings (SSSR count). The second-order valence-corrected chi connectivity index (χ2v) is 9.96. The molecule has 0 aromatic rings. The highest BCUT2D eigenvalue weighted by Gasteiger charge is 2.63. The second-order valence-electron chi connectivity index (χ2n) is 9.96. The van der Waals surface area contributed by atoms with Crippen molar-refractivity contribution in [3.63, 3.8) is 0 Å². The van der Waals surface area contributed by atoms with Crippen LogP contribution in [0.4, 0.5) is 0 Å². The minimum Gasteiger partial charge on any atom is -0.299 e. The van der Waals surface area contributed by atoms with Gasteiger partial charge in [-0.05, 0) is 86.2 Å². The summed E-state index contributed by atoms with van der Waals surface area (Å²) in [5.41, 5.74) is 2.73. The van der Waals surface area contributed by atoms with E-state index in [0.717, 1.165) is 19.3 Å². The van der Waals surface area contributed by atoms with Gasteiger partial charge in [0.1, 0.15) is 5.78 Å². The molecule has 6 atom stereocenters. The lowest BCUT2D eigenvalue weighted by molar-refractivity contribution is -0.136. The Hall–Kier alpha value is -1.18. The van der Waals surface area contributed by atoms with Crippen molar-refractivity contribution in [2.45, 2.75) is 73.1 Å². The fourth-order valence-electron chi connectivity index (χ4n) is 7.26. The number of carbonyl (C=O) groups is 2. The van der Waals surface area contributed by atoms with Gasteiger partial charge in [-0.2, -0.15) is 0 Å². The number of hydrogen-bond acceptors (Lipinski definition) is 2. The molecule has 4 aliphatic carbocycles. The van der Waals surface area contributed by atoms with Crippen LogP contribution < -0.4 is 0 Å². The van der Waals surface area contributed by atoms with Crippen molar-refractivity contribution in [2.75, 3.05) is 0 Å². The molecule has 0 bridgehead atoms. The Morgan fingerprint density at radius 2 is 1.76 bits per heavy atom. The SMILES string of the molecule is CC(=O)[C@@]1(C)CC[C@H]2[C@@H]3C=C(C)C4=CC(=O)CC[C@]4(C)[C@H]3CC[C@@]21C. The Bertz CT molecular complexity index is 714. The van der Waals surface area contributed by atoms with E-state index in [1.807, 2.05) is 6.08 Å². The summed E-state index contributed by atoms with van der Waals surface area (Å²) < 4.78 is 0. The van der Waals surface area contributed by atoms with Gasteiger partial charge in [0, 0.05) is 11.8 Å². The number of allylic oxidation sites excluding steroid dienone is 4. The topological polar surface area (TPSA) is 34.1 Å². The summed E-state index contributed by atoms with van der Waals surface area (Å²) in [4.78, 5) is 24.5. The molecule has 0 unspecified atom stereocenters. The van der Waals surface area contributed by atoms with Crippen LogP contribution in [0.1, 0.15) is 73.1 Å². The Morgan fingerprint density at radius 1 is 1.08 bits per heavy atom. The molecule has 2 heteroatoms. The molecule has 0 spiro atoms. The van der Waals surface area contributed by atoms with Crippen molar-refractivity contribution < 1.29 is 9.59 Å². The van der Waals surface area contributed by atoms with Crippen molar-refractivity contribution in [3.8, 4) is 0 Å². The first-order chi connectivity index (χ1) is 11.6. The third kappa shape index (κ3) is 2.03. The highest BCUT2D eigenvalue weighted by atomic mass is 16.1. The number of carbonyl (C=O) groups excluding carboxylic acids is 2. The molecule has 0 aromatic heterocycles. The van der Waals surface area contributed by atoms with Crippen molar-refractivity contribution in [1.29, 1.82) is 0 Å². The van der Waals surface area contributed by atoms with Gasteiger partial charge in [-0.1, -0.05) is 32.4 Å². The van der Waals surface area contributed by atoms with E-state index < -0.39 is 0 Å². The zero-order valence-corrected chi connectivity index (χ0v) is 16.4. The van der Waals surface area contributed by atoms with Crippen LogP contribution in [-0.2, 0) is 9.59 Å². The van der Waals surface area contributed by atoms with Gasteiger partial charge >= 0.3 is 0 Å². The lowest BCUT2D eigenvalue weighted by Gasteiger charge is -2.58. The van der Waals surface area contributed by atoms with Gasteiger partial charge in [-0.25, -0.2) is 0 Å². The van der Waals surface area contributed by atoms with Gasteiger partial charge in [-0.15, -0.1) is 0 Å². The van der Waals surface area contributed by atoms with Crippen LogP contribution in [0.15, 0.2) is 23.3 Å². The molecule has 0 amide bonds. The van der Waals surface area contributed by atoms with E-state index >= 15 is 0 Å². The van der Waals surface area contributed by atoms with Crippen LogP contribution in [0.25, 0.3) is 0 Å². The largest absolute Gasteiger partial charge is 0.299 e. The van der Waals surface area contributed by atoms with Crippen LogP contribution in [0.2, 0.25) is 0 Å². The third-order valence-electron chi connectivity index (χ3n) is 9.21. The van der Waals surface area contributed by atoms with Crippen molar-refractivity contribution in [1.82, 2.24) is 0 Å². The Balaban J connectivity index is 1.80. The molecular weight excluding hydrogens is 308 g/mol. The van der Waals surface area contributed by atoms with Crippen LogP contribution in [0.5, 0.6) is 0 Å². The van der Waals surface area contributed by atoms with E-state index in [-0.39, 0.29) is 16.2 Å². The molecule has 136 valence electrons. The van der Waals surface area contributed by atoms with Crippen LogP contribution in [0, 0.1) is 34.0 Å². The molecule has 2 nitrogen and oxygen atoms in total. The summed E-state index contributed by atoms with van der Waals surface area (Å²) >= 11 is 0. The number of Topliss-reactive ketones (excluding diaryl/α,β-unsaturated/α-hetero) is 1. The molecule has 0 aliphatic heterocycles. The lowest BCUT2D eigenvalue weighted by atomic mass is 9.46. The Kier molecular flexibility index (Phi) is 3.57. The summed E-state index contributed by atoms with van der Waals surface area (Å²) in [6, 6.07) is 0. The number of rotatable bonds is 1. The molecule has 4 aliphatic rings. The van der Waals surface area contributed by atoms with Crippen LogP contribution in [0.3, 0.4) is 0 Å². The van der Waals surface area contributed by atoms with Crippen molar-refractivity contribution in [3.05, 3.63) is 23.3 Å². The predicted molar refractivity (Wildman–Crippen MR) is 100 cm³/mol. The number of fused-ring (bicyclic) bond motifs is 5. The highest BCUT2D eigenvalue weighted by molar-refractivity contribution is 5.92. The number of ketones is 2. The minimum atomic E-state index is -0.163. The standard InChI is InChI=1S/C23H32O2/c1-14-12-17-18(21(3)9-6-16(25)13-20(14)21)7-11-23(5)19(17)8-10-22(23,4)15(2)24/h12-13,17-19H,6-11H2,1-5H3/t17-,18+,19+,21-,22-,23+/m1/s1. The summed E-state index contributed by atoms with van der Waals surface area (Å²) in [6.07, 6.45) is 10.7. The first-order valence-corrected chi connectivity index (χ1v) is 10.1. The van der Waals surface area contributed by atoms with E-state index in [1.54, 1.807) is 6.92 Å². The van der Waals surface area contributed by atoms with Gasteiger partial charge < -0.3 is 0 Å². The summed E-state index contributed by atoms with van der Waals surface area (Å²) in [5, 5.41) is 0. The van der Waals surface area contributed by atoms with E-state index in [0.29, 0.717) is 35.7 Å². The summed E-state index contributed by atoms with van der Waals surface area (Å²) in [6.45, 7) is 11.0. The van der Waals surface area contributed by atoms with Gasteiger partial charge in [0.15, 0.2) is 5.78 Å². The van der Waals surface area contributed by atoms with E-state index in [9.17, 15) is 9.59 Å². The molecule has 2 saturated carbocycles. The predicted octanol–water partition coefficient (Wildman–Crippen LogP) is 5.28. The number of hydrogen-bond donors (Lipinski definition) is 0. The molecule has 2 fully saturated rings. The quantitative estimate of drug-likeness (QED) is 0.651. The zero-order valence-electron chi connectivity index (χ0n) is 16.4. The highest BCUT2D eigenvalue weighted by Crippen LogP contribution is 2.69. The Morgan fingerprint density at radius 3 is 2.44 bits per heavy atom. The van der Waals surface area contributed by atoms with Gasteiger partial charge in [0.25, 0.3) is 0 Å². The van der Waals surface area contributed by atoms with E-state index in [4.69, 9.17) is 0 Å². The normalized spacial score (nSPS) is 48.8. The van der Waals surface area contributed by atoms with Gasteiger partial charge in [0.2, 0.25) is 0 Å². The maximum absolute atomic E-state index is 12.5. The molecule has 0 radical (unpaired) electrons. The van der Waals surface area contributed by atoms with Gasteiger partial charge in [0.05, 0.1) is 0 Å². The fraction of sp³-hybridized carbons (Fsp3) is 0.739. The first-order valence-electron chi connectivity index (χ1n) is 10.1. The zero-order chi connectivity index (χ0) is 18.2. The van der Waals surface area contributed by atoms with E-state index in [2.05, 4.69) is 33.8 Å². The molecule has 25 heavy (non-hydrogen) atoms. The summed E-state index contributed by atoms with van der Waals surface area (Å²) in [5.74, 6) is 2.47. The smallest absolute Gasteiger partial charge is 0.156 e. The molecule has 0 heterocycles. The lowest BCUT2D eigenvalue weighted by Crippen LogP contribution is -2.52. The fourth-order valence-corrected chi connectivity index (χ4v) is 7.26. The Labute approximate surface area is 152 Å². The van der Waals surface area contributed by atoms with E-state index in [1.165, 1.54) is 24.0 Å². The monoisotopic (exact) mass is 340 g/mol. The van der Waals surface area contributed by atoms with Crippen LogP contribution in [-0.4, -0.2) is 11.6 Å². The maximum Gasteiger partial charge on any atom is 0.156 e. The average Bonchev–Trinajstić information content (AvgIpc) is 2.83. The molecule has 0 aromatic carbocycles. The average molecular weight is 341 g/mol. The van der Waals surface area contributed by atoms with Gasteiger partial charge in [-0.3, -0.25) is 9.59 Å². The minimum absolute atomic E-state index is 0.124. The molecule has 0 N–H and O–H groups in total. The van der Waals surface area contributed by atoms with Crippen molar-refractivity contribution in [2.24, 2.45) is 34.0 Å².